The molecule has 29 heavy (non-hydrogen) atoms. The zero-order valence-corrected chi connectivity index (χ0v) is 17.0. The summed E-state index contributed by atoms with van der Waals surface area (Å²) in [5, 5.41) is 9.20. The molecule has 1 heterocycles. The van der Waals surface area contributed by atoms with E-state index in [1.165, 1.54) is 0 Å². The number of methoxy groups -OCH3 is 1. The van der Waals surface area contributed by atoms with Crippen LogP contribution in [0.15, 0.2) is 48.5 Å². The molecule has 4 amide bonds. The molecule has 1 fully saturated rings. The van der Waals surface area contributed by atoms with Crippen LogP contribution >= 0.6 is 11.6 Å². The Morgan fingerprint density at radius 1 is 1.07 bits per heavy atom. The molecular formula is C21H25ClN4O3. The van der Waals surface area contributed by atoms with Crippen molar-refractivity contribution < 1.29 is 14.3 Å². The molecule has 0 aromatic heterocycles. The zero-order chi connectivity index (χ0) is 20.6. The summed E-state index contributed by atoms with van der Waals surface area (Å²) < 4.78 is 5.27. The maximum absolute atomic E-state index is 12.5. The van der Waals surface area contributed by atoms with E-state index in [2.05, 4.69) is 16.0 Å². The number of likely N-dealkylation sites (tertiary alicyclic amines) is 1. The summed E-state index contributed by atoms with van der Waals surface area (Å²) in [6.07, 6.45) is 1.67. The lowest BCUT2D eigenvalue weighted by molar-refractivity contribution is 0.181. The number of carbonyl (C=O) groups excluding carboxylic acids is 2. The monoisotopic (exact) mass is 416 g/mol. The highest BCUT2D eigenvalue weighted by Crippen LogP contribution is 2.24. The summed E-state index contributed by atoms with van der Waals surface area (Å²) in [6, 6.07) is 13.9. The molecule has 0 saturated carbocycles. The molecule has 0 radical (unpaired) electrons. The minimum Gasteiger partial charge on any atom is -0.495 e. The van der Waals surface area contributed by atoms with Gasteiger partial charge in [-0.05, 0) is 55.2 Å². The molecule has 7 nitrogen and oxygen atoms in total. The van der Waals surface area contributed by atoms with Crippen molar-refractivity contribution >= 4 is 35.0 Å². The topological polar surface area (TPSA) is 82.7 Å². The van der Waals surface area contributed by atoms with E-state index in [0.717, 1.165) is 12.8 Å². The zero-order valence-electron chi connectivity index (χ0n) is 16.3. The summed E-state index contributed by atoms with van der Waals surface area (Å²) >= 11 is 5.84. The highest BCUT2D eigenvalue weighted by molar-refractivity contribution is 6.30. The van der Waals surface area contributed by atoms with Crippen molar-refractivity contribution in [2.24, 2.45) is 5.92 Å². The van der Waals surface area contributed by atoms with Crippen molar-refractivity contribution in [1.82, 2.24) is 10.2 Å². The van der Waals surface area contributed by atoms with Gasteiger partial charge in [0.15, 0.2) is 0 Å². The standard InChI is InChI=1S/C21H25ClN4O3/c1-29-19-5-3-2-4-18(19)25-21(28)26-12-10-15(11-13-26)14-23-20(27)24-17-8-6-16(22)7-9-17/h2-9,15H,10-14H2,1H3,(H,25,28)(H2,23,24,27). The molecule has 1 saturated heterocycles. The number of nitrogens with zero attached hydrogens (tertiary/aromatic N) is 1. The number of hydrogen-bond donors (Lipinski definition) is 3. The molecule has 0 unspecified atom stereocenters. The summed E-state index contributed by atoms with van der Waals surface area (Å²) in [5.74, 6) is 0.966. The first kappa shape index (κ1) is 20.8. The lowest BCUT2D eigenvalue weighted by atomic mass is 9.97. The van der Waals surface area contributed by atoms with Gasteiger partial charge in [-0.15, -0.1) is 0 Å². The van der Waals surface area contributed by atoms with Gasteiger partial charge in [-0.25, -0.2) is 9.59 Å². The van der Waals surface area contributed by atoms with Crippen molar-refractivity contribution in [3.05, 3.63) is 53.6 Å². The molecular weight excluding hydrogens is 392 g/mol. The van der Waals surface area contributed by atoms with Crippen LogP contribution in [0.2, 0.25) is 5.02 Å². The van der Waals surface area contributed by atoms with E-state index >= 15 is 0 Å². The number of rotatable bonds is 5. The summed E-state index contributed by atoms with van der Waals surface area (Å²) in [5.41, 5.74) is 1.34. The normalized spacial score (nSPS) is 14.2. The third-order valence-corrected chi connectivity index (χ3v) is 5.16. The Labute approximate surface area is 175 Å². The van der Waals surface area contributed by atoms with Crippen molar-refractivity contribution in [2.75, 3.05) is 37.4 Å². The van der Waals surface area contributed by atoms with Crippen molar-refractivity contribution in [3.8, 4) is 5.75 Å². The first-order valence-corrected chi connectivity index (χ1v) is 9.92. The quantitative estimate of drug-likeness (QED) is 0.674. The van der Waals surface area contributed by atoms with E-state index in [9.17, 15) is 9.59 Å². The van der Waals surface area contributed by atoms with Gasteiger partial charge < -0.3 is 25.6 Å². The summed E-state index contributed by atoms with van der Waals surface area (Å²) in [7, 11) is 1.58. The van der Waals surface area contributed by atoms with Crippen LogP contribution in [-0.4, -0.2) is 43.7 Å². The largest absolute Gasteiger partial charge is 0.495 e. The molecule has 3 N–H and O–H groups in total. The highest BCUT2D eigenvalue weighted by atomic mass is 35.5. The number of carbonyl (C=O) groups is 2. The van der Waals surface area contributed by atoms with Crippen molar-refractivity contribution in [2.45, 2.75) is 12.8 Å². The first-order valence-electron chi connectivity index (χ1n) is 9.54. The number of piperidine rings is 1. The SMILES string of the molecule is COc1ccccc1NC(=O)N1CCC(CNC(=O)Nc2ccc(Cl)cc2)CC1. The summed E-state index contributed by atoms with van der Waals surface area (Å²) in [4.78, 5) is 26.3. The predicted octanol–water partition coefficient (Wildman–Crippen LogP) is 4.41. The van der Waals surface area contributed by atoms with E-state index in [-0.39, 0.29) is 12.1 Å². The Morgan fingerprint density at radius 3 is 2.45 bits per heavy atom. The summed E-state index contributed by atoms with van der Waals surface area (Å²) in [6.45, 7) is 1.86. The van der Waals surface area contributed by atoms with Crippen molar-refractivity contribution in [3.63, 3.8) is 0 Å². The van der Waals surface area contributed by atoms with Gasteiger partial charge in [-0.2, -0.15) is 0 Å². The number of anilines is 2. The van der Waals surface area contributed by atoms with E-state index in [0.29, 0.717) is 47.7 Å². The van der Waals surface area contributed by atoms with Gasteiger partial charge in [-0.1, -0.05) is 23.7 Å². The van der Waals surface area contributed by atoms with Crippen LogP contribution < -0.4 is 20.7 Å². The Morgan fingerprint density at radius 2 is 1.76 bits per heavy atom. The number of halogens is 1. The van der Waals surface area contributed by atoms with Gasteiger partial charge in [-0.3, -0.25) is 0 Å². The molecule has 8 heteroatoms. The maximum Gasteiger partial charge on any atom is 0.321 e. The Bertz CT molecular complexity index is 836. The second-order valence-electron chi connectivity index (χ2n) is 6.90. The second-order valence-corrected chi connectivity index (χ2v) is 7.34. The fraction of sp³-hybridized carbons (Fsp3) is 0.333. The average molecular weight is 417 g/mol. The van der Waals surface area contributed by atoms with Gasteiger partial charge in [0.2, 0.25) is 0 Å². The van der Waals surface area contributed by atoms with Gasteiger partial charge in [0.1, 0.15) is 5.75 Å². The molecule has 0 spiro atoms. The van der Waals surface area contributed by atoms with Crippen LogP contribution in [0.3, 0.4) is 0 Å². The van der Waals surface area contributed by atoms with Crippen LogP contribution in [0.4, 0.5) is 21.0 Å². The number of hydrogen-bond acceptors (Lipinski definition) is 3. The van der Waals surface area contributed by atoms with Crippen molar-refractivity contribution in [1.29, 1.82) is 0 Å². The number of amides is 4. The van der Waals surface area contributed by atoms with Crippen LogP contribution in [0.25, 0.3) is 0 Å². The van der Waals surface area contributed by atoms with E-state index in [1.54, 1.807) is 36.3 Å². The fourth-order valence-corrected chi connectivity index (χ4v) is 3.35. The maximum atomic E-state index is 12.5. The Hall–Kier alpha value is -2.93. The minimum atomic E-state index is -0.247. The number of benzene rings is 2. The Balaban J connectivity index is 1.40. The van der Waals surface area contributed by atoms with Crippen LogP contribution in [0.1, 0.15) is 12.8 Å². The third kappa shape index (κ3) is 6.02. The number of para-hydroxylation sites is 2. The molecule has 0 bridgehead atoms. The van der Waals surface area contributed by atoms with Gasteiger partial charge >= 0.3 is 12.1 Å². The first-order chi connectivity index (χ1) is 14.0. The molecule has 154 valence electrons. The molecule has 0 atom stereocenters. The molecule has 2 aromatic rings. The lowest BCUT2D eigenvalue weighted by Crippen LogP contribution is -2.43. The number of nitrogens with one attached hydrogen (secondary N) is 3. The van der Waals surface area contributed by atoms with Gasteiger partial charge in [0, 0.05) is 30.3 Å². The molecule has 3 rings (SSSR count). The van der Waals surface area contributed by atoms with Gasteiger partial charge in [0.25, 0.3) is 0 Å². The fourth-order valence-electron chi connectivity index (χ4n) is 3.23. The lowest BCUT2D eigenvalue weighted by Gasteiger charge is -2.32. The van der Waals surface area contributed by atoms with Gasteiger partial charge in [0.05, 0.1) is 12.8 Å². The van der Waals surface area contributed by atoms with E-state index in [4.69, 9.17) is 16.3 Å². The second kappa shape index (κ2) is 10.0. The Kier molecular flexibility index (Phi) is 7.19. The van der Waals surface area contributed by atoms with Crippen LogP contribution in [-0.2, 0) is 0 Å². The third-order valence-electron chi connectivity index (χ3n) is 4.90. The molecule has 1 aliphatic rings. The average Bonchev–Trinajstić information content (AvgIpc) is 2.74. The van der Waals surface area contributed by atoms with Crippen LogP contribution in [0, 0.1) is 5.92 Å². The predicted molar refractivity (Wildman–Crippen MR) is 115 cm³/mol. The number of ether oxygens (including phenoxy) is 1. The smallest absolute Gasteiger partial charge is 0.321 e. The van der Waals surface area contributed by atoms with E-state index in [1.807, 2.05) is 24.3 Å². The molecule has 1 aliphatic heterocycles. The van der Waals surface area contributed by atoms with Crippen LogP contribution in [0.5, 0.6) is 5.75 Å². The number of urea groups is 2. The molecule has 0 aliphatic carbocycles. The van der Waals surface area contributed by atoms with E-state index < -0.39 is 0 Å². The highest BCUT2D eigenvalue weighted by Gasteiger charge is 2.23. The molecule has 2 aromatic carbocycles. The minimum absolute atomic E-state index is 0.138.